The molecular formula is C15H23ClO6Si. The molecule has 0 N–H and O–H groups in total. The van der Waals surface area contributed by atoms with Gasteiger partial charge < -0.3 is 14.2 Å². The van der Waals surface area contributed by atoms with Crippen LogP contribution in [0.4, 0.5) is 0 Å². The molecule has 0 radical (unpaired) electrons. The summed E-state index contributed by atoms with van der Waals surface area (Å²) in [7, 11) is -1.94. The van der Waals surface area contributed by atoms with Crippen LogP contribution in [-0.4, -0.2) is 45.8 Å². The molecule has 0 aromatic carbocycles. The summed E-state index contributed by atoms with van der Waals surface area (Å²) in [6.45, 7) is 9.44. The van der Waals surface area contributed by atoms with Crippen molar-refractivity contribution < 1.29 is 28.6 Å². The summed E-state index contributed by atoms with van der Waals surface area (Å²) >= 11 is 6.44. The summed E-state index contributed by atoms with van der Waals surface area (Å²) in [5, 5.41) is 0. The van der Waals surface area contributed by atoms with Gasteiger partial charge in [0, 0.05) is 4.66 Å². The predicted molar refractivity (Wildman–Crippen MR) is 87.4 cm³/mol. The number of carbonyl (C=O) groups is 3. The summed E-state index contributed by atoms with van der Waals surface area (Å²) < 4.78 is 15.5. The highest BCUT2D eigenvalue weighted by atomic mass is 35.5. The molecular weight excluding hydrogens is 340 g/mol. The van der Waals surface area contributed by atoms with Gasteiger partial charge in [-0.3, -0.25) is 14.4 Å². The minimum atomic E-state index is -1.94. The SMILES string of the molecule is CCOC(=O)C(C(=O)OCC)C1C(=O)OC/C1=C(/Cl)[Si](C)(C)C. The number of rotatable bonds is 6. The molecule has 23 heavy (non-hydrogen) atoms. The Bertz CT molecular complexity index is 505. The molecule has 1 heterocycles. The van der Waals surface area contributed by atoms with Crippen LogP contribution >= 0.6 is 11.6 Å². The molecule has 130 valence electrons. The van der Waals surface area contributed by atoms with Crippen molar-refractivity contribution in [2.75, 3.05) is 19.8 Å². The average molecular weight is 363 g/mol. The smallest absolute Gasteiger partial charge is 0.321 e. The minimum absolute atomic E-state index is 0.0120. The molecule has 1 aliphatic rings. The Kier molecular flexibility index (Phi) is 6.82. The lowest BCUT2D eigenvalue weighted by Gasteiger charge is -2.23. The van der Waals surface area contributed by atoms with E-state index in [0.29, 0.717) is 10.2 Å². The van der Waals surface area contributed by atoms with Crippen molar-refractivity contribution in [2.24, 2.45) is 11.8 Å². The lowest BCUT2D eigenvalue weighted by molar-refractivity contribution is -0.167. The molecule has 1 rings (SSSR count). The Morgan fingerprint density at radius 2 is 1.70 bits per heavy atom. The number of esters is 3. The van der Waals surface area contributed by atoms with E-state index in [0.717, 1.165) is 0 Å². The van der Waals surface area contributed by atoms with E-state index in [1.54, 1.807) is 13.8 Å². The van der Waals surface area contributed by atoms with E-state index in [2.05, 4.69) is 0 Å². The van der Waals surface area contributed by atoms with Crippen LogP contribution in [0.5, 0.6) is 0 Å². The zero-order valence-corrected chi connectivity index (χ0v) is 15.9. The normalized spacial score (nSPS) is 20.3. The third kappa shape index (κ3) is 4.57. The third-order valence-corrected chi connectivity index (χ3v) is 6.94. The molecule has 0 spiro atoms. The summed E-state index contributed by atoms with van der Waals surface area (Å²) in [6, 6.07) is 0. The quantitative estimate of drug-likeness (QED) is 0.312. The topological polar surface area (TPSA) is 78.9 Å². The highest BCUT2D eigenvalue weighted by Crippen LogP contribution is 2.37. The van der Waals surface area contributed by atoms with Gasteiger partial charge in [-0.1, -0.05) is 31.2 Å². The van der Waals surface area contributed by atoms with Gasteiger partial charge in [-0.15, -0.1) is 0 Å². The van der Waals surface area contributed by atoms with Crippen LogP contribution in [0, 0.1) is 11.8 Å². The van der Waals surface area contributed by atoms with Gasteiger partial charge in [0.15, 0.2) is 5.92 Å². The van der Waals surface area contributed by atoms with Crippen molar-refractivity contribution in [1.82, 2.24) is 0 Å². The van der Waals surface area contributed by atoms with Crippen molar-refractivity contribution in [3.05, 3.63) is 10.2 Å². The van der Waals surface area contributed by atoms with Crippen LogP contribution in [0.25, 0.3) is 0 Å². The van der Waals surface area contributed by atoms with Crippen molar-refractivity contribution in [1.29, 1.82) is 0 Å². The van der Waals surface area contributed by atoms with Gasteiger partial charge in [0.05, 0.1) is 21.3 Å². The molecule has 1 aliphatic heterocycles. The maximum absolute atomic E-state index is 12.2. The van der Waals surface area contributed by atoms with Gasteiger partial charge in [-0.05, 0) is 19.4 Å². The van der Waals surface area contributed by atoms with E-state index in [1.807, 2.05) is 19.6 Å². The number of hydrogen-bond donors (Lipinski definition) is 0. The van der Waals surface area contributed by atoms with E-state index < -0.39 is 37.8 Å². The van der Waals surface area contributed by atoms with Crippen LogP contribution < -0.4 is 0 Å². The van der Waals surface area contributed by atoms with Crippen LogP contribution in [0.15, 0.2) is 10.2 Å². The zero-order valence-electron chi connectivity index (χ0n) is 14.1. The highest BCUT2D eigenvalue weighted by molar-refractivity contribution is 6.91. The third-order valence-electron chi connectivity index (χ3n) is 3.35. The van der Waals surface area contributed by atoms with Crippen LogP contribution in [0.1, 0.15) is 13.8 Å². The first-order chi connectivity index (χ1) is 10.6. The number of cyclic esters (lactones) is 1. The van der Waals surface area contributed by atoms with Crippen LogP contribution in [0.2, 0.25) is 19.6 Å². The first kappa shape index (κ1) is 19.7. The van der Waals surface area contributed by atoms with E-state index in [9.17, 15) is 14.4 Å². The Labute approximate surface area is 142 Å². The van der Waals surface area contributed by atoms with Gasteiger partial charge in [0.25, 0.3) is 0 Å². The Hall–Kier alpha value is -1.34. The largest absolute Gasteiger partial charge is 0.465 e. The monoisotopic (exact) mass is 362 g/mol. The van der Waals surface area contributed by atoms with Crippen molar-refractivity contribution in [3.63, 3.8) is 0 Å². The minimum Gasteiger partial charge on any atom is -0.465 e. The molecule has 0 amide bonds. The first-order valence-corrected chi connectivity index (χ1v) is 11.4. The first-order valence-electron chi connectivity index (χ1n) is 7.54. The van der Waals surface area contributed by atoms with Gasteiger partial charge in [0.2, 0.25) is 0 Å². The summed E-state index contributed by atoms with van der Waals surface area (Å²) in [5.74, 6) is -4.71. The zero-order chi connectivity index (χ0) is 17.8. The molecule has 6 nitrogen and oxygen atoms in total. The van der Waals surface area contributed by atoms with Crippen LogP contribution in [0.3, 0.4) is 0 Å². The fourth-order valence-corrected chi connectivity index (χ4v) is 3.69. The molecule has 8 heteroatoms. The van der Waals surface area contributed by atoms with E-state index in [1.165, 1.54) is 0 Å². The standard InChI is InChI=1S/C15H23ClO6Si/c1-6-20-14(18)11(15(19)21-7-2)10-9(8-22-13(10)17)12(16)23(3,4)5/h10-11H,6-8H2,1-5H3/b12-9+. The predicted octanol–water partition coefficient (Wildman–Crippen LogP) is 2.27. The maximum Gasteiger partial charge on any atom is 0.321 e. The second-order valence-electron chi connectivity index (χ2n) is 6.16. The lowest BCUT2D eigenvalue weighted by Crippen LogP contribution is -2.38. The van der Waals surface area contributed by atoms with Gasteiger partial charge in [-0.25, -0.2) is 0 Å². The van der Waals surface area contributed by atoms with E-state index >= 15 is 0 Å². The lowest BCUT2D eigenvalue weighted by atomic mass is 9.88. The molecule has 1 unspecified atom stereocenters. The van der Waals surface area contributed by atoms with Crippen molar-refractivity contribution >= 4 is 37.6 Å². The number of hydrogen-bond acceptors (Lipinski definition) is 6. The molecule has 0 aliphatic carbocycles. The Morgan fingerprint density at radius 3 is 2.09 bits per heavy atom. The van der Waals surface area contributed by atoms with E-state index in [-0.39, 0.29) is 19.8 Å². The van der Waals surface area contributed by atoms with Gasteiger partial charge >= 0.3 is 17.9 Å². The molecule has 1 atom stereocenters. The number of ether oxygens (including phenoxy) is 3. The molecule has 0 aromatic rings. The van der Waals surface area contributed by atoms with Gasteiger partial charge in [0.1, 0.15) is 12.5 Å². The van der Waals surface area contributed by atoms with E-state index in [4.69, 9.17) is 25.8 Å². The molecule has 0 saturated carbocycles. The summed E-state index contributed by atoms with van der Waals surface area (Å²) in [4.78, 5) is 36.6. The average Bonchev–Trinajstić information content (AvgIpc) is 2.80. The molecule has 0 aromatic heterocycles. The second kappa shape index (κ2) is 7.96. The van der Waals surface area contributed by atoms with Crippen molar-refractivity contribution in [2.45, 2.75) is 33.5 Å². The summed E-state index contributed by atoms with van der Waals surface area (Å²) in [5.41, 5.74) is 0.488. The molecule has 1 fully saturated rings. The summed E-state index contributed by atoms with van der Waals surface area (Å²) in [6.07, 6.45) is 0. The van der Waals surface area contributed by atoms with Gasteiger partial charge in [-0.2, -0.15) is 0 Å². The number of halogens is 1. The molecule has 1 saturated heterocycles. The fraction of sp³-hybridized carbons (Fsp3) is 0.667. The second-order valence-corrected chi connectivity index (χ2v) is 11.9. The number of carbonyl (C=O) groups excluding carboxylic acids is 3. The van der Waals surface area contributed by atoms with Crippen molar-refractivity contribution in [3.8, 4) is 0 Å². The maximum atomic E-state index is 12.2. The molecule has 0 bridgehead atoms. The van der Waals surface area contributed by atoms with Crippen LogP contribution in [-0.2, 0) is 28.6 Å². The Morgan fingerprint density at radius 1 is 1.22 bits per heavy atom. The fourth-order valence-electron chi connectivity index (χ4n) is 2.32. The Balaban J connectivity index is 3.33. The highest BCUT2D eigenvalue weighted by Gasteiger charge is 2.49.